The van der Waals surface area contributed by atoms with Crippen LogP contribution in [0.5, 0.6) is 0 Å². The highest BCUT2D eigenvalue weighted by molar-refractivity contribution is 9.10. The lowest BCUT2D eigenvalue weighted by molar-refractivity contribution is 0.102. The number of benzene rings is 2. The van der Waals surface area contributed by atoms with Crippen LogP contribution >= 0.6 is 15.9 Å². The Hall–Kier alpha value is -2.40. The van der Waals surface area contributed by atoms with E-state index >= 15 is 0 Å². The monoisotopic (exact) mass is 395 g/mol. The molecule has 1 aromatic heterocycles. The Bertz CT molecular complexity index is 891. The van der Waals surface area contributed by atoms with Gasteiger partial charge in [-0.1, -0.05) is 34.1 Å². The second-order valence-electron chi connectivity index (χ2n) is 6.20. The zero-order chi connectivity index (χ0) is 17.2. The number of carbonyl (C=O) groups excluding carboxylic acids is 1. The summed E-state index contributed by atoms with van der Waals surface area (Å²) >= 11 is 3.39. The molecule has 4 rings (SSSR count). The number of imidazole rings is 1. The highest BCUT2D eigenvalue weighted by Gasteiger charge is 2.16. The number of anilines is 1. The van der Waals surface area contributed by atoms with Gasteiger partial charge in [0.1, 0.15) is 5.82 Å². The maximum absolute atomic E-state index is 12.6. The summed E-state index contributed by atoms with van der Waals surface area (Å²) in [6.07, 6.45) is 5.51. The lowest BCUT2D eigenvalue weighted by Gasteiger charge is -2.11. The lowest BCUT2D eigenvalue weighted by atomic mass is 10.1. The maximum Gasteiger partial charge on any atom is 0.255 e. The van der Waals surface area contributed by atoms with E-state index in [1.165, 1.54) is 12.8 Å². The van der Waals surface area contributed by atoms with Crippen LogP contribution in [0.15, 0.2) is 59.2 Å². The number of para-hydroxylation sites is 1. The van der Waals surface area contributed by atoms with E-state index in [9.17, 15) is 4.79 Å². The molecule has 2 aromatic carbocycles. The van der Waals surface area contributed by atoms with Crippen LogP contribution in [0.25, 0.3) is 11.3 Å². The predicted molar refractivity (Wildman–Crippen MR) is 103 cm³/mol. The van der Waals surface area contributed by atoms with E-state index in [-0.39, 0.29) is 5.91 Å². The standard InChI is InChI=1S/C20H18BrN3O/c21-15-10-8-14(9-11-15)20(25)23-17-6-2-1-5-16(17)18-13-24-12-4-3-7-19(24)22-18/h1-2,5-6,8-11,13H,3-4,7,12H2,(H,23,25). The van der Waals surface area contributed by atoms with E-state index in [2.05, 4.69) is 32.0 Å². The van der Waals surface area contributed by atoms with E-state index in [1.807, 2.05) is 36.4 Å². The molecule has 0 saturated heterocycles. The molecule has 0 fully saturated rings. The quantitative estimate of drug-likeness (QED) is 0.685. The molecule has 25 heavy (non-hydrogen) atoms. The minimum atomic E-state index is -0.121. The third kappa shape index (κ3) is 3.37. The van der Waals surface area contributed by atoms with Crippen molar-refractivity contribution in [1.82, 2.24) is 9.55 Å². The molecule has 4 nitrogen and oxygen atoms in total. The number of hydrogen-bond donors (Lipinski definition) is 1. The SMILES string of the molecule is O=C(Nc1ccccc1-c1cn2c(n1)CCCC2)c1ccc(Br)cc1. The molecular formula is C20H18BrN3O. The second kappa shape index (κ2) is 6.84. The van der Waals surface area contributed by atoms with E-state index in [1.54, 1.807) is 12.1 Å². The van der Waals surface area contributed by atoms with Crippen LogP contribution < -0.4 is 5.32 Å². The molecule has 126 valence electrons. The fourth-order valence-corrected chi connectivity index (χ4v) is 3.42. The van der Waals surface area contributed by atoms with Crippen LogP contribution in [0, 0.1) is 0 Å². The van der Waals surface area contributed by atoms with Gasteiger partial charge in [-0.25, -0.2) is 4.98 Å². The van der Waals surface area contributed by atoms with Crippen molar-refractivity contribution in [3.63, 3.8) is 0 Å². The second-order valence-corrected chi connectivity index (χ2v) is 7.12. The van der Waals surface area contributed by atoms with Gasteiger partial charge in [0.15, 0.2) is 0 Å². The number of aryl methyl sites for hydroxylation is 2. The lowest BCUT2D eigenvalue weighted by Crippen LogP contribution is -2.12. The Morgan fingerprint density at radius 2 is 1.88 bits per heavy atom. The fraction of sp³-hybridized carbons (Fsp3) is 0.200. The number of amides is 1. The summed E-state index contributed by atoms with van der Waals surface area (Å²) in [5.74, 6) is 1.01. The van der Waals surface area contributed by atoms with Gasteiger partial charge in [-0.05, 0) is 43.2 Å². The average Bonchev–Trinajstić information content (AvgIpc) is 3.06. The Kier molecular flexibility index (Phi) is 4.40. The van der Waals surface area contributed by atoms with E-state index in [0.717, 1.165) is 40.2 Å². The molecular weight excluding hydrogens is 378 g/mol. The molecule has 1 N–H and O–H groups in total. The first kappa shape index (κ1) is 16.1. The molecule has 5 heteroatoms. The number of halogens is 1. The van der Waals surface area contributed by atoms with Gasteiger partial charge in [-0.15, -0.1) is 0 Å². The number of fused-ring (bicyclic) bond motifs is 1. The van der Waals surface area contributed by atoms with Crippen molar-refractivity contribution in [2.24, 2.45) is 0 Å². The van der Waals surface area contributed by atoms with Gasteiger partial charge in [0.25, 0.3) is 5.91 Å². The van der Waals surface area contributed by atoms with Gasteiger partial charge >= 0.3 is 0 Å². The van der Waals surface area contributed by atoms with Crippen LogP contribution in [0.3, 0.4) is 0 Å². The summed E-state index contributed by atoms with van der Waals surface area (Å²) < 4.78 is 3.18. The van der Waals surface area contributed by atoms with Crippen LogP contribution in [0.2, 0.25) is 0 Å². The summed E-state index contributed by atoms with van der Waals surface area (Å²) in [7, 11) is 0. The Balaban J connectivity index is 1.64. The molecule has 0 aliphatic carbocycles. The molecule has 1 aliphatic heterocycles. The normalized spacial score (nSPS) is 13.3. The van der Waals surface area contributed by atoms with Crippen LogP contribution in [0.4, 0.5) is 5.69 Å². The number of rotatable bonds is 3. The first-order chi connectivity index (χ1) is 12.2. The van der Waals surface area contributed by atoms with Gasteiger partial charge < -0.3 is 9.88 Å². The summed E-state index contributed by atoms with van der Waals surface area (Å²) in [6.45, 7) is 1.02. The minimum Gasteiger partial charge on any atom is -0.334 e. The van der Waals surface area contributed by atoms with Crippen molar-refractivity contribution < 1.29 is 4.79 Å². The zero-order valence-electron chi connectivity index (χ0n) is 13.7. The number of hydrogen-bond acceptors (Lipinski definition) is 2. The third-order valence-electron chi connectivity index (χ3n) is 4.47. The number of carbonyl (C=O) groups is 1. The first-order valence-corrected chi connectivity index (χ1v) is 9.22. The zero-order valence-corrected chi connectivity index (χ0v) is 15.3. The molecule has 1 aliphatic rings. The van der Waals surface area contributed by atoms with Crippen molar-refractivity contribution >= 4 is 27.5 Å². The molecule has 0 bridgehead atoms. The van der Waals surface area contributed by atoms with Crippen LogP contribution in [-0.4, -0.2) is 15.5 Å². The van der Waals surface area contributed by atoms with Crippen molar-refractivity contribution in [3.05, 3.63) is 70.6 Å². The first-order valence-electron chi connectivity index (χ1n) is 8.43. The molecule has 0 spiro atoms. The van der Waals surface area contributed by atoms with Gasteiger partial charge in [0, 0.05) is 34.8 Å². The van der Waals surface area contributed by atoms with E-state index < -0.39 is 0 Å². The molecule has 0 saturated carbocycles. The number of nitrogens with zero attached hydrogens (tertiary/aromatic N) is 2. The van der Waals surface area contributed by atoms with Gasteiger partial charge in [0.2, 0.25) is 0 Å². The molecule has 0 unspecified atom stereocenters. The highest BCUT2D eigenvalue weighted by Crippen LogP contribution is 2.29. The largest absolute Gasteiger partial charge is 0.334 e. The molecule has 0 atom stereocenters. The summed E-state index contributed by atoms with van der Waals surface area (Å²) in [5, 5.41) is 3.02. The molecule has 2 heterocycles. The molecule has 1 amide bonds. The number of aromatic nitrogens is 2. The summed E-state index contributed by atoms with van der Waals surface area (Å²) in [5.41, 5.74) is 3.28. The van der Waals surface area contributed by atoms with Crippen molar-refractivity contribution in [1.29, 1.82) is 0 Å². The number of nitrogens with one attached hydrogen (secondary N) is 1. The van der Waals surface area contributed by atoms with Crippen LogP contribution in [-0.2, 0) is 13.0 Å². The minimum absolute atomic E-state index is 0.121. The van der Waals surface area contributed by atoms with Gasteiger partial charge in [-0.3, -0.25) is 4.79 Å². The van der Waals surface area contributed by atoms with E-state index in [0.29, 0.717) is 5.56 Å². The van der Waals surface area contributed by atoms with Gasteiger partial charge in [-0.2, -0.15) is 0 Å². The smallest absolute Gasteiger partial charge is 0.255 e. The molecule has 3 aromatic rings. The highest BCUT2D eigenvalue weighted by atomic mass is 79.9. The summed E-state index contributed by atoms with van der Waals surface area (Å²) in [4.78, 5) is 17.3. The maximum atomic E-state index is 12.6. The Morgan fingerprint density at radius 1 is 1.08 bits per heavy atom. The third-order valence-corrected chi connectivity index (χ3v) is 4.99. The van der Waals surface area contributed by atoms with Crippen molar-refractivity contribution in [2.45, 2.75) is 25.8 Å². The summed E-state index contributed by atoms with van der Waals surface area (Å²) in [6, 6.07) is 15.2. The van der Waals surface area contributed by atoms with Crippen LogP contribution in [0.1, 0.15) is 29.0 Å². The topological polar surface area (TPSA) is 46.9 Å². The Morgan fingerprint density at radius 3 is 2.68 bits per heavy atom. The van der Waals surface area contributed by atoms with Crippen molar-refractivity contribution in [2.75, 3.05) is 5.32 Å². The van der Waals surface area contributed by atoms with E-state index in [4.69, 9.17) is 4.98 Å². The van der Waals surface area contributed by atoms with Gasteiger partial charge in [0.05, 0.1) is 11.4 Å². The predicted octanol–water partition coefficient (Wildman–Crippen LogP) is 4.90. The molecule has 0 radical (unpaired) electrons. The fourth-order valence-electron chi connectivity index (χ4n) is 3.15. The van der Waals surface area contributed by atoms with Crippen molar-refractivity contribution in [3.8, 4) is 11.3 Å². The average molecular weight is 396 g/mol. The Labute approximate surface area is 155 Å².